The number of hydrogen-bond donors (Lipinski definition) is 1. The number of nitrogens with zero attached hydrogens (tertiary/aromatic N) is 3. The van der Waals surface area contributed by atoms with Gasteiger partial charge in [-0.1, -0.05) is 18.2 Å². The van der Waals surface area contributed by atoms with E-state index in [4.69, 9.17) is 4.74 Å². The van der Waals surface area contributed by atoms with Gasteiger partial charge < -0.3 is 9.64 Å². The highest BCUT2D eigenvalue weighted by Crippen LogP contribution is 2.24. The molecule has 1 amide bonds. The maximum Gasteiger partial charge on any atom is 0.264 e. The van der Waals surface area contributed by atoms with Crippen LogP contribution in [0, 0.1) is 5.92 Å². The van der Waals surface area contributed by atoms with Crippen molar-refractivity contribution in [2.24, 2.45) is 5.92 Å². The van der Waals surface area contributed by atoms with Gasteiger partial charge in [0.25, 0.3) is 15.9 Å². The molecule has 0 spiro atoms. The average molecular weight is 481 g/mol. The van der Waals surface area contributed by atoms with Gasteiger partial charge in [-0.2, -0.15) is 0 Å². The molecule has 0 unspecified atom stereocenters. The number of amides is 1. The van der Waals surface area contributed by atoms with Crippen LogP contribution in [0.15, 0.2) is 65.7 Å². The van der Waals surface area contributed by atoms with Crippen molar-refractivity contribution in [2.75, 3.05) is 50.7 Å². The van der Waals surface area contributed by atoms with Gasteiger partial charge in [-0.05, 0) is 48.7 Å². The molecule has 0 saturated carbocycles. The van der Waals surface area contributed by atoms with Gasteiger partial charge in [0, 0.05) is 62.2 Å². The quantitative estimate of drug-likeness (QED) is 0.583. The minimum absolute atomic E-state index is 0.0310. The summed E-state index contributed by atoms with van der Waals surface area (Å²) in [6.07, 6.45) is 2.69. The summed E-state index contributed by atoms with van der Waals surface area (Å²) in [5.41, 5.74) is 1.37. The second-order valence-corrected chi connectivity index (χ2v) is 10.5. The van der Waals surface area contributed by atoms with Crippen LogP contribution in [0.2, 0.25) is 0 Å². The molecule has 2 aromatic carbocycles. The van der Waals surface area contributed by atoms with Crippen LogP contribution >= 0.6 is 0 Å². The Hall–Kier alpha value is -3.01. The van der Waals surface area contributed by atoms with Crippen molar-refractivity contribution in [3.05, 3.63) is 66.4 Å². The number of benzene rings is 2. The second kappa shape index (κ2) is 9.69. The molecule has 2 fully saturated rings. The smallest absolute Gasteiger partial charge is 0.264 e. The van der Waals surface area contributed by atoms with Crippen LogP contribution < -0.4 is 4.72 Å². The Morgan fingerprint density at radius 3 is 2.53 bits per heavy atom. The molecule has 178 valence electrons. The molecule has 5 rings (SSSR count). The third-order valence-electron chi connectivity index (χ3n) is 6.47. The van der Waals surface area contributed by atoms with Gasteiger partial charge in [-0.3, -0.25) is 19.4 Å². The molecule has 0 aliphatic carbocycles. The Morgan fingerprint density at radius 2 is 1.79 bits per heavy atom. The first kappa shape index (κ1) is 22.8. The fourth-order valence-electron chi connectivity index (χ4n) is 4.59. The molecule has 2 aliphatic heterocycles. The number of pyridine rings is 1. The molecular formula is C25H28N4O4S. The van der Waals surface area contributed by atoms with Crippen LogP contribution in [0.25, 0.3) is 10.9 Å². The SMILES string of the molecule is O=C(c1ccc(NS(=O)(=O)c2cccc3cccnc23)cc1)N1CCN(C[C@@H]2CCOC2)CC1. The van der Waals surface area contributed by atoms with Crippen LogP contribution in [0.5, 0.6) is 0 Å². The summed E-state index contributed by atoms with van der Waals surface area (Å²) in [4.78, 5) is 21.6. The van der Waals surface area contributed by atoms with Crippen molar-refractivity contribution in [1.82, 2.24) is 14.8 Å². The van der Waals surface area contributed by atoms with Crippen molar-refractivity contribution in [3.63, 3.8) is 0 Å². The lowest BCUT2D eigenvalue weighted by Crippen LogP contribution is -2.49. The standard InChI is InChI=1S/C25H28N4O4S/c30-25(29-14-12-28(13-15-29)17-19-10-16-33-18-19)21-6-8-22(9-7-21)27-34(31,32)23-5-1-3-20-4-2-11-26-24(20)23/h1-9,11,19,27H,10,12-18H2/t19-/m0/s1. The number of hydrogen-bond acceptors (Lipinski definition) is 6. The lowest BCUT2D eigenvalue weighted by Gasteiger charge is -2.35. The lowest BCUT2D eigenvalue weighted by molar-refractivity contribution is 0.0611. The summed E-state index contributed by atoms with van der Waals surface area (Å²) in [5, 5.41) is 0.753. The number of carbonyl (C=O) groups is 1. The van der Waals surface area contributed by atoms with Gasteiger partial charge in [0.05, 0.1) is 12.1 Å². The number of anilines is 1. The van der Waals surface area contributed by atoms with E-state index in [0.29, 0.717) is 35.8 Å². The largest absolute Gasteiger partial charge is 0.381 e. The number of fused-ring (bicyclic) bond motifs is 1. The van der Waals surface area contributed by atoms with Crippen LogP contribution in [0.3, 0.4) is 0 Å². The van der Waals surface area contributed by atoms with Crippen molar-refractivity contribution in [3.8, 4) is 0 Å². The van der Waals surface area contributed by atoms with E-state index in [-0.39, 0.29) is 10.8 Å². The summed E-state index contributed by atoms with van der Waals surface area (Å²) in [7, 11) is -3.83. The molecule has 1 aromatic heterocycles. The van der Waals surface area contributed by atoms with E-state index < -0.39 is 10.0 Å². The summed E-state index contributed by atoms with van der Waals surface area (Å²) < 4.78 is 34.1. The third kappa shape index (κ3) is 4.91. The minimum Gasteiger partial charge on any atom is -0.381 e. The number of nitrogens with one attached hydrogen (secondary N) is 1. The predicted octanol–water partition coefficient (Wildman–Crippen LogP) is 2.83. The summed E-state index contributed by atoms with van der Waals surface area (Å²) in [6.45, 7) is 5.82. The van der Waals surface area contributed by atoms with Crippen LogP contribution in [-0.2, 0) is 14.8 Å². The minimum atomic E-state index is -3.83. The van der Waals surface area contributed by atoms with Crippen molar-refractivity contribution in [1.29, 1.82) is 0 Å². The van der Waals surface area contributed by atoms with Crippen LogP contribution in [-0.4, -0.2) is 75.0 Å². The summed E-state index contributed by atoms with van der Waals surface area (Å²) in [5.74, 6) is 0.569. The molecule has 9 heteroatoms. The van der Waals surface area contributed by atoms with Crippen molar-refractivity contribution >= 4 is 32.5 Å². The highest BCUT2D eigenvalue weighted by Gasteiger charge is 2.25. The first-order valence-corrected chi connectivity index (χ1v) is 13.0. The van der Waals surface area contributed by atoms with Gasteiger partial charge in [-0.25, -0.2) is 8.42 Å². The van der Waals surface area contributed by atoms with E-state index in [1.807, 2.05) is 17.0 Å². The maximum atomic E-state index is 13.0. The molecule has 2 saturated heterocycles. The molecule has 3 aromatic rings. The maximum absolute atomic E-state index is 13.0. The molecule has 3 heterocycles. The Morgan fingerprint density at radius 1 is 1.03 bits per heavy atom. The summed E-state index contributed by atoms with van der Waals surface area (Å²) in [6, 6.07) is 15.2. The molecule has 8 nitrogen and oxygen atoms in total. The first-order chi connectivity index (χ1) is 16.5. The fourth-order valence-corrected chi connectivity index (χ4v) is 5.83. The molecule has 0 bridgehead atoms. The van der Waals surface area contributed by atoms with E-state index in [0.717, 1.165) is 44.7 Å². The lowest BCUT2D eigenvalue weighted by atomic mass is 10.1. The summed E-state index contributed by atoms with van der Waals surface area (Å²) >= 11 is 0. The van der Waals surface area contributed by atoms with E-state index in [9.17, 15) is 13.2 Å². The molecule has 0 radical (unpaired) electrons. The van der Waals surface area contributed by atoms with Crippen LogP contribution in [0.4, 0.5) is 5.69 Å². The normalized spacial score (nSPS) is 19.4. The number of sulfonamides is 1. The second-order valence-electron chi connectivity index (χ2n) is 8.84. The number of ether oxygens (including phenoxy) is 1. The molecule has 1 atom stereocenters. The van der Waals surface area contributed by atoms with Crippen molar-refractivity contribution in [2.45, 2.75) is 11.3 Å². The monoisotopic (exact) mass is 480 g/mol. The fraction of sp³-hybridized carbons (Fsp3) is 0.360. The van der Waals surface area contributed by atoms with E-state index >= 15 is 0 Å². The van der Waals surface area contributed by atoms with Gasteiger partial charge in [0.15, 0.2) is 0 Å². The Bertz CT molecular complexity index is 1260. The predicted molar refractivity (Wildman–Crippen MR) is 130 cm³/mol. The zero-order chi connectivity index (χ0) is 23.5. The Balaban J connectivity index is 1.22. The first-order valence-electron chi connectivity index (χ1n) is 11.6. The van der Waals surface area contributed by atoms with E-state index in [1.165, 1.54) is 6.07 Å². The number of para-hydroxylation sites is 1. The van der Waals surface area contributed by atoms with Gasteiger partial charge in [0.1, 0.15) is 4.90 Å². The molecule has 1 N–H and O–H groups in total. The molecule has 34 heavy (non-hydrogen) atoms. The average Bonchev–Trinajstić information content (AvgIpc) is 3.37. The Labute approximate surface area is 199 Å². The molecular weight excluding hydrogens is 452 g/mol. The Kier molecular flexibility index (Phi) is 6.49. The number of aromatic nitrogens is 1. The van der Waals surface area contributed by atoms with Crippen LogP contribution in [0.1, 0.15) is 16.8 Å². The molecule has 2 aliphatic rings. The highest BCUT2D eigenvalue weighted by atomic mass is 32.2. The topological polar surface area (TPSA) is 91.8 Å². The zero-order valence-electron chi connectivity index (χ0n) is 18.9. The van der Waals surface area contributed by atoms with Gasteiger partial charge >= 0.3 is 0 Å². The van der Waals surface area contributed by atoms with E-state index in [2.05, 4.69) is 14.6 Å². The number of piperazine rings is 1. The number of rotatable bonds is 6. The van der Waals surface area contributed by atoms with Gasteiger partial charge in [0.2, 0.25) is 0 Å². The number of carbonyl (C=O) groups excluding carboxylic acids is 1. The van der Waals surface area contributed by atoms with Crippen molar-refractivity contribution < 1.29 is 17.9 Å². The zero-order valence-corrected chi connectivity index (χ0v) is 19.7. The van der Waals surface area contributed by atoms with Gasteiger partial charge in [-0.15, -0.1) is 0 Å². The highest BCUT2D eigenvalue weighted by molar-refractivity contribution is 7.93. The third-order valence-corrected chi connectivity index (χ3v) is 7.88. The van der Waals surface area contributed by atoms with E-state index in [1.54, 1.807) is 42.6 Å².